The lowest BCUT2D eigenvalue weighted by molar-refractivity contribution is -0.115. The Morgan fingerprint density at radius 3 is 2.55 bits per heavy atom. The average Bonchev–Trinajstić information content (AvgIpc) is 3.22. The Morgan fingerprint density at radius 2 is 1.83 bits per heavy atom. The molecule has 0 aliphatic rings. The number of amides is 1. The van der Waals surface area contributed by atoms with Gasteiger partial charge in [-0.1, -0.05) is 30.3 Å². The van der Waals surface area contributed by atoms with E-state index in [1.807, 2.05) is 36.4 Å². The van der Waals surface area contributed by atoms with Gasteiger partial charge in [0.1, 0.15) is 23.0 Å². The number of nitrogens with one attached hydrogen (secondary N) is 2. The van der Waals surface area contributed by atoms with Crippen LogP contribution < -0.4 is 20.1 Å². The molecule has 0 aliphatic carbocycles. The Morgan fingerprint density at radius 1 is 1.03 bits per heavy atom. The monoisotopic (exact) mass is 408 g/mol. The lowest BCUT2D eigenvalue weighted by Crippen LogP contribution is -2.32. The van der Waals surface area contributed by atoms with Crippen molar-refractivity contribution < 1.29 is 18.7 Å². The Bertz CT molecular complexity index is 1030. The first-order valence-electron chi connectivity index (χ1n) is 8.76. The van der Waals surface area contributed by atoms with Crippen molar-refractivity contribution in [1.29, 1.82) is 0 Å². The van der Waals surface area contributed by atoms with Crippen LogP contribution in [0.15, 0.2) is 71.2 Å². The summed E-state index contributed by atoms with van der Waals surface area (Å²) < 4.78 is 16.2. The summed E-state index contributed by atoms with van der Waals surface area (Å²) in [6.07, 6.45) is 2.94. The molecule has 0 bridgehead atoms. The van der Waals surface area contributed by atoms with Crippen molar-refractivity contribution in [2.45, 2.75) is 0 Å². The Balaban J connectivity index is 1.58. The molecular weight excluding hydrogens is 388 g/mol. The number of hydrogen-bond acceptors (Lipinski definition) is 5. The zero-order chi connectivity index (χ0) is 20.6. The second-order valence-electron chi connectivity index (χ2n) is 5.91. The largest absolute Gasteiger partial charge is 0.497 e. The summed E-state index contributed by atoms with van der Waals surface area (Å²) in [7, 11) is 3.11. The van der Waals surface area contributed by atoms with Gasteiger partial charge in [-0.2, -0.15) is 0 Å². The molecular formula is C22H20N2O4S. The highest BCUT2D eigenvalue weighted by atomic mass is 32.1. The second kappa shape index (κ2) is 9.57. The van der Waals surface area contributed by atoms with E-state index in [1.165, 1.54) is 13.2 Å². The third kappa shape index (κ3) is 5.46. The first-order chi connectivity index (χ1) is 14.1. The summed E-state index contributed by atoms with van der Waals surface area (Å²) in [5.74, 6) is 2.11. The molecule has 6 nitrogen and oxygen atoms in total. The molecule has 0 saturated carbocycles. The normalized spacial score (nSPS) is 10.6. The van der Waals surface area contributed by atoms with Crippen molar-refractivity contribution in [3.63, 3.8) is 0 Å². The van der Waals surface area contributed by atoms with E-state index in [4.69, 9.17) is 26.1 Å². The molecule has 29 heavy (non-hydrogen) atoms. The van der Waals surface area contributed by atoms with Crippen molar-refractivity contribution in [3.05, 3.63) is 72.5 Å². The fourth-order valence-electron chi connectivity index (χ4n) is 2.57. The van der Waals surface area contributed by atoms with Gasteiger partial charge in [-0.25, -0.2) is 0 Å². The summed E-state index contributed by atoms with van der Waals surface area (Å²) in [4.78, 5) is 12.1. The Labute approximate surface area is 174 Å². The summed E-state index contributed by atoms with van der Waals surface area (Å²) in [6.45, 7) is 0. The molecule has 2 aromatic carbocycles. The van der Waals surface area contributed by atoms with Crippen LogP contribution in [0.3, 0.4) is 0 Å². The highest BCUT2D eigenvalue weighted by molar-refractivity contribution is 7.80. The van der Waals surface area contributed by atoms with Gasteiger partial charge in [-0.05, 0) is 42.6 Å². The molecule has 0 radical (unpaired) electrons. The number of hydrogen-bond donors (Lipinski definition) is 2. The molecule has 1 aromatic heterocycles. The van der Waals surface area contributed by atoms with E-state index in [9.17, 15) is 4.79 Å². The number of anilines is 1. The molecule has 148 valence electrons. The van der Waals surface area contributed by atoms with Crippen LogP contribution in [0.4, 0.5) is 5.69 Å². The average molecular weight is 408 g/mol. The highest BCUT2D eigenvalue weighted by Crippen LogP contribution is 2.29. The predicted octanol–water partition coefficient (Wildman–Crippen LogP) is 4.49. The summed E-state index contributed by atoms with van der Waals surface area (Å²) in [5, 5.41) is 5.66. The fraction of sp³-hybridized carbons (Fsp3) is 0.0909. The van der Waals surface area contributed by atoms with E-state index in [0.29, 0.717) is 22.9 Å². The number of thiocarbonyl (C=S) groups is 1. The van der Waals surface area contributed by atoms with Gasteiger partial charge in [0.05, 0.1) is 19.9 Å². The molecule has 0 spiro atoms. The summed E-state index contributed by atoms with van der Waals surface area (Å²) in [6, 6.07) is 18.6. The first kappa shape index (κ1) is 20.2. The van der Waals surface area contributed by atoms with Crippen LogP contribution in [-0.2, 0) is 4.79 Å². The van der Waals surface area contributed by atoms with Gasteiger partial charge in [-0.15, -0.1) is 0 Å². The SMILES string of the molecule is COc1ccc(NC(=S)NC(=O)/C=C/c2ccc(-c3ccccc3)o2)c(OC)c1. The molecule has 7 heteroatoms. The van der Waals surface area contributed by atoms with Gasteiger partial charge in [0, 0.05) is 17.7 Å². The van der Waals surface area contributed by atoms with Crippen molar-refractivity contribution in [2.24, 2.45) is 0 Å². The van der Waals surface area contributed by atoms with Gasteiger partial charge in [-0.3, -0.25) is 10.1 Å². The Hall–Kier alpha value is -3.58. The maximum atomic E-state index is 12.1. The van der Waals surface area contributed by atoms with Crippen molar-refractivity contribution >= 4 is 35.0 Å². The molecule has 0 aliphatic heterocycles. The molecule has 0 saturated heterocycles. The number of ether oxygens (including phenoxy) is 2. The number of benzene rings is 2. The van der Waals surface area contributed by atoms with E-state index >= 15 is 0 Å². The minimum atomic E-state index is -0.382. The maximum Gasteiger partial charge on any atom is 0.250 e. The molecule has 2 N–H and O–H groups in total. The third-order valence-electron chi connectivity index (χ3n) is 3.98. The van der Waals surface area contributed by atoms with Crippen LogP contribution in [-0.4, -0.2) is 25.2 Å². The molecule has 1 amide bonds. The van der Waals surface area contributed by atoms with Crippen LogP contribution in [0.5, 0.6) is 11.5 Å². The van der Waals surface area contributed by atoms with Crippen molar-refractivity contribution in [2.75, 3.05) is 19.5 Å². The highest BCUT2D eigenvalue weighted by Gasteiger charge is 2.08. The first-order valence-corrected chi connectivity index (χ1v) is 9.17. The lowest BCUT2D eigenvalue weighted by Gasteiger charge is -2.13. The number of methoxy groups -OCH3 is 2. The molecule has 0 atom stereocenters. The minimum absolute atomic E-state index is 0.146. The quantitative estimate of drug-likeness (QED) is 0.463. The summed E-state index contributed by atoms with van der Waals surface area (Å²) >= 11 is 5.19. The minimum Gasteiger partial charge on any atom is -0.497 e. The van der Waals surface area contributed by atoms with Crippen LogP contribution in [0.1, 0.15) is 5.76 Å². The van der Waals surface area contributed by atoms with Gasteiger partial charge in [0.25, 0.3) is 0 Å². The van der Waals surface area contributed by atoms with Gasteiger partial charge < -0.3 is 19.2 Å². The van der Waals surface area contributed by atoms with E-state index in [-0.39, 0.29) is 11.0 Å². The molecule has 1 heterocycles. The number of carbonyl (C=O) groups excluding carboxylic acids is 1. The standard InChI is InChI=1S/C22H20N2O4S/c1-26-17-8-11-18(20(14-17)27-2)23-22(29)24-21(25)13-10-16-9-12-19(28-16)15-6-4-3-5-7-15/h3-14H,1-2H3,(H2,23,24,25,29)/b13-10+. The molecule has 0 unspecified atom stereocenters. The maximum absolute atomic E-state index is 12.1. The zero-order valence-electron chi connectivity index (χ0n) is 16.0. The smallest absolute Gasteiger partial charge is 0.250 e. The van der Waals surface area contributed by atoms with Gasteiger partial charge in [0.2, 0.25) is 5.91 Å². The number of carbonyl (C=O) groups is 1. The lowest BCUT2D eigenvalue weighted by atomic mass is 10.2. The summed E-state index contributed by atoms with van der Waals surface area (Å²) in [5.41, 5.74) is 1.58. The van der Waals surface area contributed by atoms with E-state index in [1.54, 1.807) is 37.5 Å². The van der Waals surface area contributed by atoms with Crippen molar-refractivity contribution in [1.82, 2.24) is 5.32 Å². The zero-order valence-corrected chi connectivity index (χ0v) is 16.8. The van der Waals surface area contributed by atoms with Gasteiger partial charge >= 0.3 is 0 Å². The van der Waals surface area contributed by atoms with E-state index < -0.39 is 0 Å². The van der Waals surface area contributed by atoms with E-state index in [2.05, 4.69) is 10.6 Å². The molecule has 3 rings (SSSR count). The predicted molar refractivity (Wildman–Crippen MR) is 117 cm³/mol. The number of furan rings is 1. The molecule has 3 aromatic rings. The number of rotatable bonds is 6. The Kier molecular flexibility index (Phi) is 6.65. The van der Waals surface area contributed by atoms with Crippen molar-refractivity contribution in [3.8, 4) is 22.8 Å². The second-order valence-corrected chi connectivity index (χ2v) is 6.32. The van der Waals surface area contributed by atoms with Crippen LogP contribution in [0, 0.1) is 0 Å². The third-order valence-corrected chi connectivity index (χ3v) is 4.18. The van der Waals surface area contributed by atoms with E-state index in [0.717, 1.165) is 11.3 Å². The van der Waals surface area contributed by atoms with Crippen LogP contribution in [0.2, 0.25) is 0 Å². The topological polar surface area (TPSA) is 72.7 Å². The van der Waals surface area contributed by atoms with Crippen LogP contribution in [0.25, 0.3) is 17.4 Å². The molecule has 0 fully saturated rings. The van der Waals surface area contributed by atoms with Gasteiger partial charge in [0.15, 0.2) is 5.11 Å². The van der Waals surface area contributed by atoms with Crippen LogP contribution >= 0.6 is 12.2 Å². The fourth-order valence-corrected chi connectivity index (χ4v) is 2.78.